The monoisotopic (exact) mass is 423 g/mol. The summed E-state index contributed by atoms with van der Waals surface area (Å²) in [5.74, 6) is -0.605. The average Bonchev–Trinajstić information content (AvgIpc) is 3.09. The van der Waals surface area contributed by atoms with Crippen molar-refractivity contribution >= 4 is 12.1 Å². The standard InChI is InChI=1S/C25H29NO5/c1-15(2)13-22(23(27)16(3)24(28)30-4)26-25(29)31-14-21-19-11-7-5-9-17(19)18-10-6-8-12-20(18)21/h5-12,15,21-23,27H,3,13-14H2,1-2,4H3,(H,26,29)/t22-,23-/m0/s1. The van der Waals surface area contributed by atoms with Crippen molar-refractivity contribution in [2.24, 2.45) is 5.92 Å². The molecule has 31 heavy (non-hydrogen) atoms. The van der Waals surface area contributed by atoms with E-state index in [4.69, 9.17) is 4.74 Å². The van der Waals surface area contributed by atoms with Crippen molar-refractivity contribution in [2.75, 3.05) is 13.7 Å². The normalized spacial score (nSPS) is 14.4. The lowest BCUT2D eigenvalue weighted by molar-refractivity contribution is -0.137. The second kappa shape index (κ2) is 9.79. The van der Waals surface area contributed by atoms with Crippen LogP contribution in [0.5, 0.6) is 0 Å². The number of ether oxygens (including phenoxy) is 2. The Kier molecular flexibility index (Phi) is 7.13. The summed E-state index contributed by atoms with van der Waals surface area (Å²) >= 11 is 0. The molecule has 0 spiro atoms. The molecule has 2 atom stereocenters. The molecule has 164 valence electrons. The van der Waals surface area contributed by atoms with Crippen LogP contribution >= 0.6 is 0 Å². The Morgan fingerprint density at radius 2 is 1.61 bits per heavy atom. The maximum absolute atomic E-state index is 12.6. The fourth-order valence-corrected chi connectivity index (χ4v) is 4.06. The van der Waals surface area contributed by atoms with Crippen LogP contribution in [0.4, 0.5) is 4.79 Å². The second-order valence-electron chi connectivity index (χ2n) is 8.17. The van der Waals surface area contributed by atoms with E-state index in [0.717, 1.165) is 22.3 Å². The number of rotatable bonds is 8. The number of carbonyl (C=O) groups is 2. The first-order valence-corrected chi connectivity index (χ1v) is 10.4. The lowest BCUT2D eigenvalue weighted by Crippen LogP contribution is -2.46. The zero-order valence-corrected chi connectivity index (χ0v) is 18.1. The molecule has 2 N–H and O–H groups in total. The molecule has 0 unspecified atom stereocenters. The lowest BCUT2D eigenvalue weighted by Gasteiger charge is -2.26. The average molecular weight is 424 g/mol. The van der Waals surface area contributed by atoms with Crippen LogP contribution in [-0.2, 0) is 14.3 Å². The molecule has 1 aliphatic carbocycles. The van der Waals surface area contributed by atoms with E-state index in [-0.39, 0.29) is 24.0 Å². The van der Waals surface area contributed by atoms with Gasteiger partial charge in [0.1, 0.15) is 12.7 Å². The Bertz CT molecular complexity index is 922. The van der Waals surface area contributed by atoms with E-state index in [1.54, 1.807) is 0 Å². The maximum Gasteiger partial charge on any atom is 0.407 e. The van der Waals surface area contributed by atoms with Crippen LogP contribution in [0.15, 0.2) is 60.7 Å². The molecule has 0 radical (unpaired) electrons. The van der Waals surface area contributed by atoms with Gasteiger partial charge in [0, 0.05) is 5.92 Å². The number of hydrogen-bond donors (Lipinski definition) is 2. The fourth-order valence-electron chi connectivity index (χ4n) is 4.06. The predicted octanol–water partition coefficient (Wildman–Crippen LogP) is 4.03. The lowest BCUT2D eigenvalue weighted by atomic mass is 9.95. The molecule has 0 saturated carbocycles. The highest BCUT2D eigenvalue weighted by atomic mass is 16.5. The third-order valence-electron chi connectivity index (χ3n) is 5.56. The van der Waals surface area contributed by atoms with Gasteiger partial charge in [0.15, 0.2) is 0 Å². The highest BCUT2D eigenvalue weighted by Gasteiger charge is 2.31. The van der Waals surface area contributed by atoms with Crippen molar-refractivity contribution in [3.8, 4) is 11.1 Å². The number of nitrogens with one attached hydrogen (secondary N) is 1. The van der Waals surface area contributed by atoms with E-state index < -0.39 is 24.2 Å². The molecule has 6 nitrogen and oxygen atoms in total. The van der Waals surface area contributed by atoms with E-state index in [0.29, 0.717) is 6.42 Å². The Morgan fingerprint density at radius 1 is 1.06 bits per heavy atom. The summed E-state index contributed by atoms with van der Waals surface area (Å²) in [6.07, 6.45) is -1.47. The zero-order valence-electron chi connectivity index (χ0n) is 18.1. The van der Waals surface area contributed by atoms with Gasteiger partial charge >= 0.3 is 12.1 Å². The molecule has 0 fully saturated rings. The van der Waals surface area contributed by atoms with Crippen LogP contribution in [0, 0.1) is 5.92 Å². The number of alkyl carbamates (subject to hydrolysis) is 1. The van der Waals surface area contributed by atoms with Gasteiger partial charge in [0.2, 0.25) is 0 Å². The van der Waals surface area contributed by atoms with Gasteiger partial charge in [0.25, 0.3) is 0 Å². The minimum Gasteiger partial charge on any atom is -0.466 e. The van der Waals surface area contributed by atoms with Gasteiger partial charge in [-0.05, 0) is 34.6 Å². The van der Waals surface area contributed by atoms with E-state index >= 15 is 0 Å². The first kappa shape index (κ1) is 22.6. The number of fused-ring (bicyclic) bond motifs is 3. The number of hydrogen-bond acceptors (Lipinski definition) is 5. The van der Waals surface area contributed by atoms with E-state index in [9.17, 15) is 14.7 Å². The minimum absolute atomic E-state index is 0.0587. The number of carbonyl (C=O) groups excluding carboxylic acids is 2. The van der Waals surface area contributed by atoms with Crippen LogP contribution in [0.3, 0.4) is 0 Å². The molecular weight excluding hydrogens is 394 g/mol. The molecule has 2 aromatic rings. The summed E-state index contributed by atoms with van der Waals surface area (Å²) in [7, 11) is 1.22. The molecule has 1 amide bonds. The molecule has 0 aromatic heterocycles. The Morgan fingerprint density at radius 3 is 2.13 bits per heavy atom. The van der Waals surface area contributed by atoms with Gasteiger partial charge in [-0.1, -0.05) is 69.0 Å². The molecule has 0 heterocycles. The quantitative estimate of drug-likeness (QED) is 0.495. The fraction of sp³-hybridized carbons (Fsp3) is 0.360. The number of methoxy groups -OCH3 is 1. The SMILES string of the molecule is C=C(C(=O)OC)[C@H](O)[C@H](CC(C)C)NC(=O)OCC1c2ccccc2-c2ccccc21. The van der Waals surface area contributed by atoms with Gasteiger partial charge in [-0.3, -0.25) is 0 Å². The van der Waals surface area contributed by atoms with Crippen molar-refractivity contribution in [1.29, 1.82) is 0 Å². The first-order chi connectivity index (χ1) is 14.8. The molecule has 0 bridgehead atoms. The van der Waals surface area contributed by atoms with E-state index in [1.165, 1.54) is 7.11 Å². The topological polar surface area (TPSA) is 84.9 Å². The number of benzene rings is 2. The number of amides is 1. The molecule has 6 heteroatoms. The summed E-state index contributed by atoms with van der Waals surface area (Å²) < 4.78 is 10.2. The minimum atomic E-state index is -1.27. The van der Waals surface area contributed by atoms with Gasteiger partial charge in [-0.15, -0.1) is 0 Å². The Labute approximate surface area is 182 Å². The summed E-state index contributed by atoms with van der Waals surface area (Å²) in [5, 5.41) is 13.2. The van der Waals surface area contributed by atoms with Crippen LogP contribution in [-0.4, -0.2) is 43.0 Å². The van der Waals surface area contributed by atoms with Gasteiger partial charge in [-0.2, -0.15) is 0 Å². The van der Waals surface area contributed by atoms with E-state index in [1.807, 2.05) is 50.2 Å². The third-order valence-corrected chi connectivity index (χ3v) is 5.56. The summed E-state index contributed by atoms with van der Waals surface area (Å²) in [6, 6.07) is 15.5. The summed E-state index contributed by atoms with van der Waals surface area (Å²) in [5.41, 5.74) is 4.43. The highest BCUT2D eigenvalue weighted by molar-refractivity contribution is 5.89. The molecule has 0 aliphatic heterocycles. The molecule has 1 aliphatic rings. The molecular formula is C25H29NO5. The maximum atomic E-state index is 12.6. The van der Waals surface area contributed by atoms with Crippen molar-refractivity contribution in [3.63, 3.8) is 0 Å². The molecule has 3 rings (SSSR count). The predicted molar refractivity (Wildman–Crippen MR) is 119 cm³/mol. The summed E-state index contributed by atoms with van der Waals surface area (Å²) in [4.78, 5) is 24.3. The van der Waals surface area contributed by atoms with Gasteiger partial charge in [0.05, 0.1) is 18.7 Å². The van der Waals surface area contributed by atoms with Crippen LogP contribution in [0.25, 0.3) is 11.1 Å². The van der Waals surface area contributed by atoms with Crippen molar-refractivity contribution < 1.29 is 24.2 Å². The number of aliphatic hydroxyl groups is 1. The van der Waals surface area contributed by atoms with Crippen molar-refractivity contribution in [2.45, 2.75) is 38.3 Å². The number of aliphatic hydroxyl groups excluding tert-OH is 1. The Hall–Kier alpha value is -3.12. The number of esters is 1. The van der Waals surface area contributed by atoms with Crippen LogP contribution in [0.2, 0.25) is 0 Å². The Balaban J connectivity index is 1.69. The van der Waals surface area contributed by atoms with Crippen LogP contribution < -0.4 is 5.32 Å². The first-order valence-electron chi connectivity index (χ1n) is 10.4. The van der Waals surface area contributed by atoms with E-state index in [2.05, 4.69) is 28.8 Å². The smallest absolute Gasteiger partial charge is 0.407 e. The van der Waals surface area contributed by atoms with Gasteiger partial charge < -0.3 is 19.9 Å². The summed E-state index contributed by atoms with van der Waals surface area (Å²) in [6.45, 7) is 7.69. The molecule has 0 saturated heterocycles. The van der Waals surface area contributed by atoms with Gasteiger partial charge in [-0.25, -0.2) is 9.59 Å². The van der Waals surface area contributed by atoms with Crippen molar-refractivity contribution in [3.05, 3.63) is 71.8 Å². The molecule has 2 aromatic carbocycles. The third kappa shape index (κ3) is 4.97. The second-order valence-corrected chi connectivity index (χ2v) is 8.17. The zero-order chi connectivity index (χ0) is 22.5. The van der Waals surface area contributed by atoms with Crippen LogP contribution in [0.1, 0.15) is 37.3 Å². The van der Waals surface area contributed by atoms with Crippen molar-refractivity contribution in [1.82, 2.24) is 5.32 Å². The highest BCUT2D eigenvalue weighted by Crippen LogP contribution is 2.44. The largest absolute Gasteiger partial charge is 0.466 e.